The lowest BCUT2D eigenvalue weighted by molar-refractivity contribution is 0.767. The Hall–Kier alpha value is -1.51. The summed E-state index contributed by atoms with van der Waals surface area (Å²) in [7, 11) is 1.98. The summed E-state index contributed by atoms with van der Waals surface area (Å²) < 4.78 is 1.93. The van der Waals surface area contributed by atoms with Crippen LogP contribution in [0.5, 0.6) is 0 Å². The lowest BCUT2D eigenvalue weighted by Gasteiger charge is -1.97. The van der Waals surface area contributed by atoms with Gasteiger partial charge >= 0.3 is 0 Å². The zero-order valence-corrected chi connectivity index (χ0v) is 8.20. The molecule has 0 saturated heterocycles. The number of fused-ring (bicyclic) bond motifs is 1. The Bertz CT molecular complexity index is 494. The van der Waals surface area contributed by atoms with Crippen LogP contribution in [0.1, 0.15) is 24.5 Å². The predicted octanol–water partition coefficient (Wildman–Crippen LogP) is 2.03. The van der Waals surface area contributed by atoms with Gasteiger partial charge in [-0.1, -0.05) is 6.07 Å². The summed E-state index contributed by atoms with van der Waals surface area (Å²) in [4.78, 5) is 0. The number of nitrogens with two attached hydrogens (primary N) is 1. The fraction of sp³-hybridized carbons (Fsp3) is 0.364. The van der Waals surface area contributed by atoms with Crippen molar-refractivity contribution in [2.75, 3.05) is 5.73 Å². The molecule has 2 N–H and O–H groups in total. The van der Waals surface area contributed by atoms with Crippen LogP contribution in [0.2, 0.25) is 0 Å². The molecule has 1 fully saturated rings. The molecule has 14 heavy (non-hydrogen) atoms. The first-order chi connectivity index (χ1) is 6.77. The van der Waals surface area contributed by atoms with E-state index in [0.29, 0.717) is 5.92 Å². The third-order valence-corrected chi connectivity index (χ3v) is 2.90. The van der Waals surface area contributed by atoms with Crippen LogP contribution in [0, 0.1) is 0 Å². The van der Waals surface area contributed by atoms with Gasteiger partial charge in [0.2, 0.25) is 0 Å². The van der Waals surface area contributed by atoms with Crippen molar-refractivity contribution in [3.63, 3.8) is 0 Å². The van der Waals surface area contributed by atoms with Crippen molar-refractivity contribution >= 4 is 16.6 Å². The number of aromatic nitrogens is 2. The van der Waals surface area contributed by atoms with Crippen LogP contribution in [-0.2, 0) is 7.05 Å². The third kappa shape index (κ3) is 0.953. The van der Waals surface area contributed by atoms with E-state index >= 15 is 0 Å². The zero-order chi connectivity index (χ0) is 9.71. The molecular formula is C11H13N3. The van der Waals surface area contributed by atoms with Crippen molar-refractivity contribution in [2.45, 2.75) is 18.8 Å². The summed E-state index contributed by atoms with van der Waals surface area (Å²) in [5.41, 5.74) is 9.18. The maximum atomic E-state index is 5.98. The number of nitrogens with zero attached hydrogens (tertiary/aromatic N) is 2. The molecule has 0 amide bonds. The maximum absolute atomic E-state index is 5.98. The van der Waals surface area contributed by atoms with Crippen LogP contribution >= 0.6 is 0 Å². The van der Waals surface area contributed by atoms with Crippen LogP contribution < -0.4 is 5.73 Å². The van der Waals surface area contributed by atoms with Gasteiger partial charge in [0.15, 0.2) is 0 Å². The van der Waals surface area contributed by atoms with Gasteiger partial charge in [0.25, 0.3) is 0 Å². The first kappa shape index (κ1) is 7.85. The van der Waals surface area contributed by atoms with Crippen molar-refractivity contribution < 1.29 is 0 Å². The first-order valence-electron chi connectivity index (χ1n) is 4.98. The lowest BCUT2D eigenvalue weighted by Crippen LogP contribution is -1.90. The van der Waals surface area contributed by atoms with Crippen molar-refractivity contribution in [3.8, 4) is 0 Å². The van der Waals surface area contributed by atoms with Gasteiger partial charge in [0, 0.05) is 24.0 Å². The molecule has 0 spiro atoms. The van der Waals surface area contributed by atoms with E-state index in [0.717, 1.165) is 16.6 Å². The summed E-state index contributed by atoms with van der Waals surface area (Å²) in [5.74, 6) is 0.656. The molecule has 1 saturated carbocycles. The highest BCUT2D eigenvalue weighted by atomic mass is 15.3. The van der Waals surface area contributed by atoms with Crippen LogP contribution in [0.4, 0.5) is 5.69 Å². The average molecular weight is 187 g/mol. The Morgan fingerprint density at radius 2 is 2.21 bits per heavy atom. The predicted molar refractivity (Wildman–Crippen MR) is 57.1 cm³/mol. The molecule has 1 heterocycles. The number of nitrogen functional groups attached to an aromatic ring is 1. The monoisotopic (exact) mass is 187 g/mol. The normalized spacial score (nSPS) is 16.4. The highest BCUT2D eigenvalue weighted by molar-refractivity contribution is 5.93. The van der Waals surface area contributed by atoms with Crippen molar-refractivity contribution in [2.24, 2.45) is 7.05 Å². The second-order valence-corrected chi connectivity index (χ2v) is 4.02. The largest absolute Gasteiger partial charge is 0.398 e. The second-order valence-electron chi connectivity index (χ2n) is 4.02. The maximum Gasteiger partial charge on any atom is 0.0754 e. The topological polar surface area (TPSA) is 43.8 Å². The number of aryl methyl sites for hydroxylation is 1. The molecule has 0 atom stereocenters. The zero-order valence-electron chi connectivity index (χ0n) is 8.20. The number of hydrogen-bond donors (Lipinski definition) is 1. The van der Waals surface area contributed by atoms with E-state index in [9.17, 15) is 0 Å². The number of benzene rings is 1. The van der Waals surface area contributed by atoms with Crippen LogP contribution in [0.3, 0.4) is 0 Å². The van der Waals surface area contributed by atoms with E-state index in [1.54, 1.807) is 0 Å². The van der Waals surface area contributed by atoms with Gasteiger partial charge in [0.1, 0.15) is 0 Å². The highest BCUT2D eigenvalue weighted by Crippen LogP contribution is 2.43. The fourth-order valence-corrected chi connectivity index (χ4v) is 2.01. The second kappa shape index (κ2) is 2.50. The highest BCUT2D eigenvalue weighted by Gasteiger charge is 2.29. The van der Waals surface area contributed by atoms with Crippen LogP contribution in [-0.4, -0.2) is 9.78 Å². The van der Waals surface area contributed by atoms with E-state index in [2.05, 4.69) is 11.2 Å². The molecule has 1 aromatic heterocycles. The number of hydrogen-bond acceptors (Lipinski definition) is 2. The molecule has 0 aliphatic heterocycles. The molecule has 72 valence electrons. The first-order valence-corrected chi connectivity index (χ1v) is 4.98. The number of rotatable bonds is 1. The Morgan fingerprint density at radius 1 is 1.43 bits per heavy atom. The smallest absolute Gasteiger partial charge is 0.0754 e. The molecule has 1 aliphatic carbocycles. The van der Waals surface area contributed by atoms with E-state index in [4.69, 9.17) is 5.73 Å². The molecule has 3 nitrogen and oxygen atoms in total. The SMILES string of the molecule is Cn1nc(C2CC2)c2c(N)cccc21. The molecule has 3 rings (SSSR count). The van der Waals surface area contributed by atoms with Gasteiger partial charge in [-0.15, -0.1) is 0 Å². The molecule has 3 heteroatoms. The summed E-state index contributed by atoms with van der Waals surface area (Å²) >= 11 is 0. The van der Waals surface area contributed by atoms with Crippen LogP contribution in [0.25, 0.3) is 10.9 Å². The van der Waals surface area contributed by atoms with Crippen LogP contribution in [0.15, 0.2) is 18.2 Å². The lowest BCUT2D eigenvalue weighted by atomic mass is 10.1. The van der Waals surface area contributed by atoms with E-state index < -0.39 is 0 Å². The van der Waals surface area contributed by atoms with E-state index in [1.807, 2.05) is 23.9 Å². The Balaban J connectivity index is 2.39. The Kier molecular flexibility index (Phi) is 1.40. The molecule has 1 aliphatic rings. The van der Waals surface area contributed by atoms with Gasteiger partial charge < -0.3 is 5.73 Å². The Labute approximate surface area is 82.5 Å². The minimum atomic E-state index is 0.656. The van der Waals surface area contributed by atoms with Gasteiger partial charge in [-0.05, 0) is 25.0 Å². The summed E-state index contributed by atoms with van der Waals surface area (Å²) in [6.45, 7) is 0. The summed E-state index contributed by atoms with van der Waals surface area (Å²) in [6, 6.07) is 6.01. The van der Waals surface area contributed by atoms with Crippen molar-refractivity contribution in [3.05, 3.63) is 23.9 Å². The van der Waals surface area contributed by atoms with E-state index in [1.165, 1.54) is 18.5 Å². The van der Waals surface area contributed by atoms with Gasteiger partial charge in [0.05, 0.1) is 11.2 Å². The van der Waals surface area contributed by atoms with Gasteiger partial charge in [-0.2, -0.15) is 5.10 Å². The van der Waals surface area contributed by atoms with Crippen molar-refractivity contribution in [1.82, 2.24) is 9.78 Å². The van der Waals surface area contributed by atoms with Crippen molar-refractivity contribution in [1.29, 1.82) is 0 Å². The Morgan fingerprint density at radius 3 is 2.93 bits per heavy atom. The van der Waals surface area contributed by atoms with Gasteiger partial charge in [-0.25, -0.2) is 0 Å². The van der Waals surface area contributed by atoms with E-state index in [-0.39, 0.29) is 0 Å². The molecule has 0 bridgehead atoms. The molecule has 0 radical (unpaired) electrons. The summed E-state index contributed by atoms with van der Waals surface area (Å²) in [5, 5.41) is 5.71. The fourth-order valence-electron chi connectivity index (χ4n) is 2.01. The third-order valence-electron chi connectivity index (χ3n) is 2.90. The standard InChI is InChI=1S/C11H13N3/c1-14-9-4-2-3-8(12)10(9)11(13-14)7-5-6-7/h2-4,7H,5-6,12H2,1H3. The quantitative estimate of drug-likeness (QED) is 0.694. The molecule has 2 aromatic rings. The summed E-state index contributed by atoms with van der Waals surface area (Å²) in [6.07, 6.45) is 2.53. The van der Waals surface area contributed by atoms with Gasteiger partial charge in [-0.3, -0.25) is 4.68 Å². The average Bonchev–Trinajstić information content (AvgIpc) is 2.94. The minimum absolute atomic E-state index is 0.656. The molecular weight excluding hydrogens is 174 g/mol. The number of anilines is 1. The molecule has 0 unspecified atom stereocenters. The molecule has 1 aromatic carbocycles. The minimum Gasteiger partial charge on any atom is -0.398 e.